The van der Waals surface area contributed by atoms with Crippen molar-refractivity contribution in [2.75, 3.05) is 24.0 Å². The quantitative estimate of drug-likeness (QED) is 0.138. The lowest BCUT2D eigenvalue weighted by Gasteiger charge is -2.19. The number of aromatic nitrogens is 1. The number of aliphatic hydroxyl groups is 1. The molecule has 1 fully saturated rings. The van der Waals surface area contributed by atoms with Gasteiger partial charge in [0.2, 0.25) is 17.8 Å². The first-order valence-electron chi connectivity index (χ1n) is 12.3. The van der Waals surface area contributed by atoms with Gasteiger partial charge < -0.3 is 21.3 Å². The van der Waals surface area contributed by atoms with Crippen molar-refractivity contribution < 1.29 is 29.4 Å². The minimum atomic E-state index is -1.03. The fourth-order valence-corrected chi connectivity index (χ4v) is 4.48. The van der Waals surface area contributed by atoms with Gasteiger partial charge in [-0.15, -0.1) is 0 Å². The van der Waals surface area contributed by atoms with Crippen LogP contribution in [0, 0.1) is 5.92 Å². The average molecular weight is 553 g/mol. The molecule has 1 saturated carbocycles. The van der Waals surface area contributed by atoms with Crippen molar-refractivity contribution in [1.82, 2.24) is 0 Å². The van der Waals surface area contributed by atoms with Crippen molar-refractivity contribution in [2.45, 2.75) is 25.2 Å². The third kappa shape index (κ3) is 6.85. The van der Waals surface area contributed by atoms with Crippen LogP contribution in [0.25, 0.3) is 11.1 Å². The summed E-state index contributed by atoms with van der Waals surface area (Å²) in [5, 5.41) is 23.1. The number of anilines is 2. The van der Waals surface area contributed by atoms with Gasteiger partial charge in [-0.25, -0.2) is 10.6 Å². The third-order valence-corrected chi connectivity index (χ3v) is 6.75. The molecule has 4 rings (SSSR count). The predicted molar refractivity (Wildman–Crippen MR) is 148 cm³/mol. The van der Waals surface area contributed by atoms with Crippen LogP contribution < -0.4 is 31.5 Å². The van der Waals surface area contributed by atoms with Gasteiger partial charge >= 0.3 is 5.97 Å². The fraction of sp³-hybridized carbons (Fsp3) is 0.250. The van der Waals surface area contributed by atoms with Crippen LogP contribution in [0.15, 0.2) is 72.7 Å². The Kier molecular flexibility index (Phi) is 8.70. The van der Waals surface area contributed by atoms with Gasteiger partial charge in [0.15, 0.2) is 0 Å². The molecule has 1 aromatic heterocycles. The van der Waals surface area contributed by atoms with E-state index in [9.17, 15) is 14.7 Å². The molecule has 0 radical (unpaired) electrons. The number of halogens is 1. The Labute approximate surface area is 231 Å². The minimum Gasteiger partial charge on any atom is -0.478 e. The molecule has 0 spiro atoms. The zero-order valence-corrected chi connectivity index (χ0v) is 22.1. The molecule has 1 aliphatic rings. The number of amides is 1. The van der Waals surface area contributed by atoms with Gasteiger partial charge in [-0.05, 0) is 60.9 Å². The number of hydrazine groups is 1. The summed E-state index contributed by atoms with van der Waals surface area (Å²) < 4.78 is 1.55. The predicted octanol–water partition coefficient (Wildman–Crippen LogP) is 3.05. The molecule has 2 aromatic carbocycles. The van der Waals surface area contributed by atoms with E-state index in [1.54, 1.807) is 41.3 Å². The molecular formula is C28H31ClN5O5+. The van der Waals surface area contributed by atoms with E-state index in [1.807, 2.05) is 12.1 Å². The summed E-state index contributed by atoms with van der Waals surface area (Å²) >= 11 is 6.31. The number of carbonyl (C=O) groups is 2. The smallest absolute Gasteiger partial charge is 0.335 e. The number of carboxylic acid groups (broad SMARTS) is 1. The fourth-order valence-electron chi connectivity index (χ4n) is 4.31. The SMILES string of the molecule is CO[n+]1cc(-c2cc(Cl)ccc2N(N)/C=C(\N)CO)ccc1C(CC1CC1)C(=O)Nc1ccc(C(=O)O)cc1. The van der Waals surface area contributed by atoms with Crippen molar-refractivity contribution in [1.29, 1.82) is 0 Å². The van der Waals surface area contributed by atoms with E-state index in [2.05, 4.69) is 5.32 Å². The lowest BCUT2D eigenvalue weighted by atomic mass is 9.95. The maximum Gasteiger partial charge on any atom is 0.335 e. The number of benzene rings is 2. The summed E-state index contributed by atoms with van der Waals surface area (Å²) in [6.45, 7) is -0.344. The second-order valence-electron chi connectivity index (χ2n) is 9.39. The zero-order chi connectivity index (χ0) is 28.1. The van der Waals surface area contributed by atoms with E-state index >= 15 is 0 Å². The van der Waals surface area contributed by atoms with Crippen molar-refractivity contribution in [2.24, 2.45) is 17.5 Å². The second kappa shape index (κ2) is 12.2. The molecule has 1 atom stereocenters. The van der Waals surface area contributed by atoms with Crippen LogP contribution >= 0.6 is 11.6 Å². The number of nitrogens with two attached hydrogens (primary N) is 2. The van der Waals surface area contributed by atoms with E-state index < -0.39 is 11.9 Å². The summed E-state index contributed by atoms with van der Waals surface area (Å²) in [4.78, 5) is 30.3. The zero-order valence-electron chi connectivity index (χ0n) is 21.4. The number of rotatable bonds is 11. The van der Waals surface area contributed by atoms with Crippen LogP contribution in [-0.4, -0.2) is 35.8 Å². The van der Waals surface area contributed by atoms with Gasteiger partial charge in [-0.3, -0.25) is 14.6 Å². The Morgan fingerprint density at radius 2 is 1.92 bits per heavy atom. The van der Waals surface area contributed by atoms with E-state index in [0.29, 0.717) is 40.0 Å². The standard InChI is InChI=1S/C28H30ClN5O5/c1-39-34-14-19(23-13-20(29)7-11-25(23)33(31)15-21(30)16-35)6-10-26(34)24(12-17-2-3-17)27(36)32-22-8-4-18(5-9-22)28(37)38/h4-11,13-15,17,24,35H,2-3,12,16,30-31H2,1H3,(H-,32,36,37,38)/p+1/b21-15-. The summed E-state index contributed by atoms with van der Waals surface area (Å²) in [6, 6.07) is 14.9. The van der Waals surface area contributed by atoms with Crippen molar-refractivity contribution in [3.63, 3.8) is 0 Å². The molecule has 1 unspecified atom stereocenters. The van der Waals surface area contributed by atoms with Crippen LogP contribution in [0.1, 0.15) is 41.2 Å². The van der Waals surface area contributed by atoms with E-state index in [0.717, 1.165) is 18.4 Å². The molecule has 0 aliphatic heterocycles. The van der Waals surface area contributed by atoms with Crippen LogP contribution in [0.5, 0.6) is 0 Å². The van der Waals surface area contributed by atoms with Gasteiger partial charge in [0, 0.05) is 33.3 Å². The largest absolute Gasteiger partial charge is 0.478 e. The summed E-state index contributed by atoms with van der Waals surface area (Å²) in [5.41, 5.74) is 9.24. The minimum absolute atomic E-state index is 0.140. The summed E-state index contributed by atoms with van der Waals surface area (Å²) in [5.74, 6) is 4.89. The van der Waals surface area contributed by atoms with Crippen molar-refractivity contribution in [3.05, 3.63) is 89.0 Å². The summed E-state index contributed by atoms with van der Waals surface area (Å²) in [7, 11) is 1.52. The highest BCUT2D eigenvalue weighted by atomic mass is 35.5. The highest BCUT2D eigenvalue weighted by molar-refractivity contribution is 6.31. The molecule has 7 N–H and O–H groups in total. The summed E-state index contributed by atoms with van der Waals surface area (Å²) in [6.07, 6.45) is 5.94. The van der Waals surface area contributed by atoms with E-state index in [4.69, 9.17) is 33.1 Å². The second-order valence-corrected chi connectivity index (χ2v) is 9.82. The Balaban J connectivity index is 1.68. The first-order valence-corrected chi connectivity index (χ1v) is 12.7. The molecule has 3 aromatic rings. The van der Waals surface area contributed by atoms with Gasteiger partial charge in [0.05, 0.1) is 29.1 Å². The topological polar surface area (TPSA) is 155 Å². The van der Waals surface area contributed by atoms with E-state index in [-0.39, 0.29) is 23.8 Å². The average Bonchev–Trinajstić information content (AvgIpc) is 3.75. The first kappa shape index (κ1) is 27.9. The van der Waals surface area contributed by atoms with Crippen molar-refractivity contribution in [3.8, 4) is 11.1 Å². The number of hydrogen-bond donors (Lipinski definition) is 5. The molecule has 204 valence electrons. The number of aliphatic hydroxyl groups excluding tert-OH is 1. The monoisotopic (exact) mass is 552 g/mol. The normalized spacial score (nSPS) is 14.0. The van der Waals surface area contributed by atoms with Gasteiger partial charge in [0.25, 0.3) is 0 Å². The number of carboxylic acids is 1. The van der Waals surface area contributed by atoms with Crippen LogP contribution in [0.2, 0.25) is 5.02 Å². The number of hydrogen-bond acceptors (Lipinski definition) is 7. The third-order valence-electron chi connectivity index (χ3n) is 6.52. The van der Waals surface area contributed by atoms with Crippen LogP contribution in [-0.2, 0) is 4.79 Å². The molecule has 1 heterocycles. The molecule has 0 bridgehead atoms. The number of nitrogens with one attached hydrogen (secondary N) is 1. The van der Waals surface area contributed by atoms with Crippen LogP contribution in [0.4, 0.5) is 11.4 Å². The number of aromatic carboxylic acids is 1. The van der Waals surface area contributed by atoms with Gasteiger partial charge in [0.1, 0.15) is 13.0 Å². The highest BCUT2D eigenvalue weighted by Crippen LogP contribution is 2.39. The Morgan fingerprint density at radius 1 is 1.21 bits per heavy atom. The molecule has 10 nitrogen and oxygen atoms in total. The maximum absolute atomic E-state index is 13.5. The molecular weight excluding hydrogens is 522 g/mol. The molecule has 0 saturated heterocycles. The molecule has 1 aliphatic carbocycles. The Hall–Kier alpha value is -4.12. The van der Waals surface area contributed by atoms with Crippen molar-refractivity contribution >= 4 is 34.9 Å². The van der Waals surface area contributed by atoms with E-state index in [1.165, 1.54) is 30.5 Å². The maximum atomic E-state index is 13.5. The Bertz CT molecular complexity index is 1390. The van der Waals surface area contributed by atoms with Crippen LogP contribution in [0.3, 0.4) is 0 Å². The molecule has 39 heavy (non-hydrogen) atoms. The number of nitrogens with zero attached hydrogens (tertiary/aromatic N) is 2. The lowest BCUT2D eigenvalue weighted by molar-refractivity contribution is -0.890. The molecule has 11 heteroatoms. The Morgan fingerprint density at radius 3 is 2.54 bits per heavy atom. The number of pyridine rings is 1. The van der Waals surface area contributed by atoms with Gasteiger partial charge in [-0.2, -0.15) is 0 Å². The number of carbonyl (C=O) groups excluding carboxylic acids is 1. The van der Waals surface area contributed by atoms with Gasteiger partial charge in [-0.1, -0.05) is 24.4 Å². The highest BCUT2D eigenvalue weighted by Gasteiger charge is 2.36. The molecule has 1 amide bonds. The first-order chi connectivity index (χ1) is 18.7. The lowest BCUT2D eigenvalue weighted by Crippen LogP contribution is -2.47.